The van der Waals surface area contributed by atoms with Crippen molar-refractivity contribution in [2.75, 3.05) is 40.9 Å². The Morgan fingerprint density at radius 1 is 0.473 bits per heavy atom. The van der Waals surface area contributed by atoms with Crippen LogP contribution in [0.15, 0.2) is 60.8 Å². The van der Waals surface area contributed by atoms with Gasteiger partial charge in [0.15, 0.2) is 0 Å². The zero-order valence-electron chi connectivity index (χ0n) is 49.3. The minimum absolute atomic E-state index is 0.0383. The van der Waals surface area contributed by atoms with Gasteiger partial charge >= 0.3 is 13.8 Å². The molecule has 0 aliphatic heterocycles. The third kappa shape index (κ3) is 54.5. The number of carbonyl (C=O) groups is 2. The number of esters is 1. The summed E-state index contributed by atoms with van der Waals surface area (Å²) >= 11 is 0. The zero-order valence-corrected chi connectivity index (χ0v) is 50.2. The van der Waals surface area contributed by atoms with Crippen LogP contribution in [0, 0.1) is 0 Å². The van der Waals surface area contributed by atoms with E-state index in [4.69, 9.17) is 13.8 Å². The van der Waals surface area contributed by atoms with Crippen LogP contribution >= 0.6 is 7.82 Å². The first-order chi connectivity index (χ1) is 35.9. The molecule has 0 bridgehead atoms. The van der Waals surface area contributed by atoms with Gasteiger partial charge in [-0.25, -0.2) is 4.57 Å². The number of hydrogen-bond acceptors (Lipinski definition) is 6. The molecule has 0 aromatic carbocycles. The Hall–Kier alpha value is -2.29. The number of allylic oxidation sites excluding steroid dienone is 9. The number of carbonyl (C=O) groups excluding carboxylic acids is 2. The number of phosphoric acid groups is 1. The second-order valence-electron chi connectivity index (χ2n) is 22.2. The molecule has 9 nitrogen and oxygen atoms in total. The van der Waals surface area contributed by atoms with Crippen molar-refractivity contribution in [3.05, 3.63) is 60.8 Å². The number of quaternary nitrogens is 1. The lowest BCUT2D eigenvalue weighted by atomic mass is 10.0. The summed E-state index contributed by atoms with van der Waals surface area (Å²) in [7, 11) is 1.49. The van der Waals surface area contributed by atoms with Crippen LogP contribution in [-0.4, -0.2) is 74.3 Å². The third-order valence-corrected chi connectivity index (χ3v) is 14.7. The molecule has 0 fully saturated rings. The fraction of sp³-hybridized carbons (Fsp3) is 0.812. The Labute approximate surface area is 458 Å². The summed E-state index contributed by atoms with van der Waals surface area (Å²) in [6.07, 6.45) is 67.8. The van der Waals surface area contributed by atoms with Crippen molar-refractivity contribution in [1.29, 1.82) is 0 Å². The van der Waals surface area contributed by atoms with Crippen molar-refractivity contribution in [2.45, 2.75) is 296 Å². The first kappa shape index (κ1) is 71.7. The van der Waals surface area contributed by atoms with E-state index < -0.39 is 20.0 Å². The lowest BCUT2D eigenvalue weighted by Gasteiger charge is -2.27. The summed E-state index contributed by atoms with van der Waals surface area (Å²) in [5.41, 5.74) is 0. The van der Waals surface area contributed by atoms with Crippen molar-refractivity contribution in [3.8, 4) is 0 Å². The minimum Gasteiger partial charge on any atom is -0.456 e. The quantitative estimate of drug-likeness (QED) is 0.0205. The highest BCUT2D eigenvalue weighted by Gasteiger charge is 2.30. The molecule has 0 aromatic rings. The normalized spacial score (nSPS) is 14.1. The number of likely N-dealkylation sites (N-methyl/N-ethyl adjacent to an activating group) is 1. The van der Waals surface area contributed by atoms with Crippen LogP contribution < -0.4 is 5.32 Å². The highest BCUT2D eigenvalue weighted by Crippen LogP contribution is 2.43. The smallest absolute Gasteiger partial charge is 0.456 e. The fourth-order valence-corrected chi connectivity index (χ4v) is 9.60. The first-order valence-corrected chi connectivity index (χ1v) is 32.6. The van der Waals surface area contributed by atoms with Gasteiger partial charge in [-0.15, -0.1) is 0 Å². The van der Waals surface area contributed by atoms with Gasteiger partial charge in [0.2, 0.25) is 5.91 Å². The zero-order chi connectivity index (χ0) is 54.3. The van der Waals surface area contributed by atoms with Crippen LogP contribution in [0.3, 0.4) is 0 Å². The predicted molar refractivity (Wildman–Crippen MR) is 318 cm³/mol. The SMILES string of the molecule is CCCCC/C=C\C/C=C\C/C=C\C/C=C\CCCCCCCCCC(=O)OC(/C=C/CCCCCCCCCCC)C(COP(=O)(O)OCC[N+](C)(C)C)NC(=O)CCCCCCCCCCCCCCCC. The van der Waals surface area contributed by atoms with Gasteiger partial charge in [0, 0.05) is 12.8 Å². The van der Waals surface area contributed by atoms with Gasteiger partial charge in [-0.3, -0.25) is 18.6 Å². The van der Waals surface area contributed by atoms with Crippen molar-refractivity contribution in [3.63, 3.8) is 0 Å². The third-order valence-electron chi connectivity index (χ3n) is 13.7. The van der Waals surface area contributed by atoms with Crippen molar-refractivity contribution in [1.82, 2.24) is 5.32 Å². The Kier molecular flexibility index (Phi) is 52.4. The Morgan fingerprint density at radius 2 is 0.824 bits per heavy atom. The highest BCUT2D eigenvalue weighted by atomic mass is 31.2. The van der Waals surface area contributed by atoms with E-state index in [1.54, 1.807) is 0 Å². The summed E-state index contributed by atoms with van der Waals surface area (Å²) in [5, 5.41) is 3.05. The second kappa shape index (κ2) is 54.1. The van der Waals surface area contributed by atoms with Crippen LogP contribution in [0.2, 0.25) is 0 Å². The number of ether oxygens (including phenoxy) is 1. The number of amides is 1. The van der Waals surface area contributed by atoms with E-state index in [1.807, 2.05) is 33.3 Å². The van der Waals surface area contributed by atoms with Crippen LogP contribution in [0.1, 0.15) is 284 Å². The summed E-state index contributed by atoms with van der Waals surface area (Å²) in [5.74, 6) is -0.511. The maximum atomic E-state index is 13.5. The molecule has 0 spiro atoms. The molecule has 0 aliphatic carbocycles. The Morgan fingerprint density at radius 3 is 1.26 bits per heavy atom. The molecule has 0 heterocycles. The van der Waals surface area contributed by atoms with E-state index in [2.05, 4.69) is 74.7 Å². The van der Waals surface area contributed by atoms with E-state index in [1.165, 1.54) is 161 Å². The first-order valence-electron chi connectivity index (χ1n) is 31.1. The maximum Gasteiger partial charge on any atom is 0.472 e. The van der Waals surface area contributed by atoms with E-state index >= 15 is 0 Å². The van der Waals surface area contributed by atoms with E-state index in [0.29, 0.717) is 17.4 Å². The number of phosphoric ester groups is 1. The lowest BCUT2D eigenvalue weighted by Crippen LogP contribution is -2.47. The van der Waals surface area contributed by atoms with Crippen molar-refractivity contribution < 1.29 is 37.3 Å². The number of rotatable bonds is 56. The molecule has 0 radical (unpaired) electrons. The van der Waals surface area contributed by atoms with Gasteiger partial charge in [0.25, 0.3) is 0 Å². The molecule has 74 heavy (non-hydrogen) atoms. The summed E-state index contributed by atoms with van der Waals surface area (Å²) < 4.78 is 30.7. The molecule has 0 rings (SSSR count). The molecule has 1 amide bonds. The van der Waals surface area contributed by atoms with Crippen LogP contribution in [0.4, 0.5) is 0 Å². The van der Waals surface area contributed by atoms with Gasteiger partial charge in [0.05, 0.1) is 33.8 Å². The monoisotopic (exact) mass is 1060 g/mol. The molecule has 3 atom stereocenters. The standard InChI is InChI=1S/C64H119N2O7P/c1-7-10-13-16-19-22-25-27-29-30-31-32-33-34-35-36-37-39-42-45-48-51-54-57-64(68)73-62(55-52-49-46-43-40-24-21-18-15-12-9-3)61(60-72-74(69,70)71-59-58-66(4,5)6)65-63(67)56-53-50-47-44-41-38-28-26-23-20-17-14-11-8-2/h19,22,27,29,31-32,34-35,52,55,61-62H,7-18,20-21,23-26,28,30,33,36-51,53-54,56-60H2,1-6H3,(H-,65,67,69,70)/p+1/b22-19-,29-27-,32-31-,35-34-,55-52+. The van der Waals surface area contributed by atoms with Crippen LogP contribution in [0.5, 0.6) is 0 Å². The average Bonchev–Trinajstić information content (AvgIpc) is 3.36. The van der Waals surface area contributed by atoms with E-state index in [-0.39, 0.29) is 31.5 Å². The molecule has 0 saturated carbocycles. The molecule has 0 aliphatic rings. The molecule has 0 aromatic heterocycles. The van der Waals surface area contributed by atoms with E-state index in [0.717, 1.165) is 89.9 Å². The van der Waals surface area contributed by atoms with Crippen LogP contribution in [-0.2, 0) is 27.9 Å². The summed E-state index contributed by atoms with van der Waals surface area (Å²) in [4.78, 5) is 37.7. The molecule has 432 valence electrons. The minimum atomic E-state index is -4.45. The molecule has 2 N–H and O–H groups in total. The molecule has 10 heteroatoms. The number of unbranched alkanes of at least 4 members (excludes halogenated alkanes) is 32. The van der Waals surface area contributed by atoms with Gasteiger partial charge in [0.1, 0.15) is 19.3 Å². The average molecular weight is 1060 g/mol. The topological polar surface area (TPSA) is 111 Å². The Balaban J connectivity index is 5.18. The second-order valence-corrected chi connectivity index (χ2v) is 23.7. The Bertz CT molecular complexity index is 1450. The van der Waals surface area contributed by atoms with E-state index in [9.17, 15) is 19.0 Å². The van der Waals surface area contributed by atoms with Gasteiger partial charge in [-0.1, -0.05) is 255 Å². The number of nitrogens with one attached hydrogen (secondary N) is 1. The van der Waals surface area contributed by atoms with Gasteiger partial charge in [-0.05, 0) is 76.7 Å². The maximum absolute atomic E-state index is 13.5. The molecular formula is C64H120N2O7P+. The summed E-state index contributed by atoms with van der Waals surface area (Å²) in [6, 6.07) is -0.851. The largest absolute Gasteiger partial charge is 0.472 e. The summed E-state index contributed by atoms with van der Waals surface area (Å²) in [6.45, 7) is 6.99. The van der Waals surface area contributed by atoms with Gasteiger partial charge < -0.3 is 19.4 Å². The highest BCUT2D eigenvalue weighted by molar-refractivity contribution is 7.47. The number of hydrogen-bond donors (Lipinski definition) is 2. The van der Waals surface area contributed by atoms with Crippen molar-refractivity contribution >= 4 is 19.7 Å². The fourth-order valence-electron chi connectivity index (χ4n) is 8.87. The predicted octanol–water partition coefficient (Wildman–Crippen LogP) is 19.1. The molecule has 0 saturated heterocycles. The lowest BCUT2D eigenvalue weighted by molar-refractivity contribution is -0.870. The molecular weight excluding hydrogens is 940 g/mol. The van der Waals surface area contributed by atoms with Crippen LogP contribution in [0.25, 0.3) is 0 Å². The van der Waals surface area contributed by atoms with Gasteiger partial charge in [-0.2, -0.15) is 0 Å². The number of nitrogens with zero attached hydrogens (tertiary/aromatic N) is 1. The van der Waals surface area contributed by atoms with Crippen molar-refractivity contribution in [2.24, 2.45) is 0 Å². The molecule has 3 unspecified atom stereocenters.